The third-order valence-electron chi connectivity index (χ3n) is 9.46. The molecule has 2 aliphatic rings. The van der Waals surface area contributed by atoms with E-state index in [4.69, 9.17) is 14.5 Å². The van der Waals surface area contributed by atoms with Gasteiger partial charge in [-0.25, -0.2) is 9.79 Å². The van der Waals surface area contributed by atoms with Gasteiger partial charge in [0, 0.05) is 27.5 Å². The number of benzene rings is 2. The fourth-order valence-electron chi connectivity index (χ4n) is 7.20. The Labute approximate surface area is 310 Å². The number of carbonyl (C=O) groups excluding carboxylic acids is 2. The summed E-state index contributed by atoms with van der Waals surface area (Å²) in [7, 11) is 0. The molecule has 1 N–H and O–H groups in total. The zero-order valence-electron chi connectivity index (χ0n) is 30.2. The number of fused-ring (bicyclic) bond motifs is 2. The molecule has 0 fully saturated rings. The van der Waals surface area contributed by atoms with E-state index in [9.17, 15) is 14.4 Å². The van der Waals surface area contributed by atoms with E-state index in [0.717, 1.165) is 64.4 Å². The van der Waals surface area contributed by atoms with Gasteiger partial charge in [0.15, 0.2) is 4.80 Å². The number of hydrogen-bond donors (Lipinski definition) is 1. The predicted molar refractivity (Wildman–Crippen MR) is 207 cm³/mol. The van der Waals surface area contributed by atoms with Gasteiger partial charge in [-0.15, -0.1) is 11.3 Å². The highest BCUT2D eigenvalue weighted by atomic mass is 32.1. The van der Waals surface area contributed by atoms with Crippen LogP contribution in [0.2, 0.25) is 0 Å². The second-order valence-corrected chi connectivity index (χ2v) is 15.5. The first-order valence-corrected chi connectivity index (χ1v) is 19.4. The summed E-state index contributed by atoms with van der Waals surface area (Å²) in [4.78, 5) is 48.5. The first-order valence-electron chi connectivity index (χ1n) is 17.7. The van der Waals surface area contributed by atoms with Gasteiger partial charge in [0.05, 0.1) is 34.1 Å². The Morgan fingerprint density at radius 1 is 1.02 bits per heavy atom. The van der Waals surface area contributed by atoms with E-state index in [-0.39, 0.29) is 24.2 Å². The zero-order valence-corrected chi connectivity index (χ0v) is 31.9. The minimum Gasteiger partial charge on any atom is -0.491 e. The molecule has 0 saturated heterocycles. The minimum atomic E-state index is -0.789. The van der Waals surface area contributed by atoms with E-state index in [0.29, 0.717) is 31.9 Å². The fraction of sp³-hybridized carbons (Fsp3) is 0.317. The van der Waals surface area contributed by atoms with Gasteiger partial charge in [0.25, 0.3) is 11.5 Å². The average molecular weight is 735 g/mol. The molecule has 3 aromatic heterocycles. The molecule has 7 rings (SSSR count). The van der Waals surface area contributed by atoms with Crippen LogP contribution in [0.3, 0.4) is 0 Å². The molecule has 0 bridgehead atoms. The standard InChI is InChI=1S/C41H42N4O5S2/c1-7-49-40(48)34-25(5)42-41-45(36(34)29-17-11-13-19-31(29)50-23(2)3)38(47)33(52-41)22-27-21-24(4)44(26(27)6)39-35(30-18-12-14-20-32(30)51-39)37(46)43-28-15-9-8-10-16-28/h8-11,13,15-17,19,21-23,36H,7,12,14,18,20H2,1-6H3,(H,43,46)/b33-22+/t36-/m0/s1. The molecule has 1 amide bonds. The van der Waals surface area contributed by atoms with Crippen LogP contribution in [-0.4, -0.2) is 33.7 Å². The second kappa shape index (κ2) is 14.6. The van der Waals surface area contributed by atoms with Crippen LogP contribution >= 0.6 is 22.7 Å². The zero-order chi connectivity index (χ0) is 36.7. The van der Waals surface area contributed by atoms with Gasteiger partial charge in [-0.3, -0.25) is 14.2 Å². The highest BCUT2D eigenvalue weighted by molar-refractivity contribution is 7.15. The number of thiophene rings is 1. The average Bonchev–Trinajstić information content (AvgIpc) is 3.73. The van der Waals surface area contributed by atoms with Crippen LogP contribution in [0.15, 0.2) is 81.7 Å². The summed E-state index contributed by atoms with van der Waals surface area (Å²) in [5.74, 6) is -0.0444. The van der Waals surface area contributed by atoms with Crippen LogP contribution in [0.1, 0.15) is 89.9 Å². The number of aryl methyl sites for hydroxylation is 2. The molecule has 2 aromatic carbocycles. The maximum atomic E-state index is 14.5. The monoisotopic (exact) mass is 734 g/mol. The number of rotatable bonds is 9. The highest BCUT2D eigenvalue weighted by Gasteiger charge is 2.35. The van der Waals surface area contributed by atoms with E-state index < -0.39 is 12.0 Å². The van der Waals surface area contributed by atoms with Crippen LogP contribution in [-0.2, 0) is 22.4 Å². The maximum Gasteiger partial charge on any atom is 0.338 e. The molecule has 5 aromatic rings. The Morgan fingerprint density at radius 2 is 1.75 bits per heavy atom. The summed E-state index contributed by atoms with van der Waals surface area (Å²) >= 11 is 2.97. The van der Waals surface area contributed by atoms with E-state index in [2.05, 4.69) is 16.0 Å². The number of carbonyl (C=O) groups is 2. The number of nitrogens with zero attached hydrogens (tertiary/aromatic N) is 3. The number of para-hydroxylation sites is 2. The molecule has 1 aliphatic carbocycles. The Balaban J connectivity index is 1.36. The lowest BCUT2D eigenvalue weighted by Gasteiger charge is -2.26. The molecule has 52 heavy (non-hydrogen) atoms. The number of amides is 1. The van der Waals surface area contributed by atoms with Gasteiger partial charge in [-0.05, 0) is 109 Å². The Bertz CT molecular complexity index is 2410. The molecular weight excluding hydrogens is 693 g/mol. The van der Waals surface area contributed by atoms with Crippen LogP contribution in [0.4, 0.5) is 5.69 Å². The number of hydrogen-bond acceptors (Lipinski definition) is 8. The van der Waals surface area contributed by atoms with Crippen LogP contribution in [0.5, 0.6) is 5.75 Å². The van der Waals surface area contributed by atoms with Gasteiger partial charge in [-0.1, -0.05) is 47.7 Å². The van der Waals surface area contributed by atoms with Crippen molar-refractivity contribution in [3.05, 3.63) is 130 Å². The van der Waals surface area contributed by atoms with Gasteiger partial charge >= 0.3 is 5.97 Å². The third kappa shape index (κ3) is 6.47. The molecule has 11 heteroatoms. The molecule has 4 heterocycles. The Morgan fingerprint density at radius 3 is 2.50 bits per heavy atom. The Kier molecular flexibility index (Phi) is 9.91. The smallest absolute Gasteiger partial charge is 0.338 e. The van der Waals surface area contributed by atoms with Gasteiger partial charge in [0.1, 0.15) is 16.8 Å². The molecule has 9 nitrogen and oxygen atoms in total. The lowest BCUT2D eigenvalue weighted by Crippen LogP contribution is -2.40. The van der Waals surface area contributed by atoms with Crippen molar-refractivity contribution in [3.8, 4) is 10.8 Å². The summed E-state index contributed by atoms with van der Waals surface area (Å²) in [6.07, 6.45) is 5.76. The lowest BCUT2D eigenvalue weighted by atomic mass is 9.95. The number of anilines is 1. The lowest BCUT2D eigenvalue weighted by molar-refractivity contribution is -0.139. The predicted octanol–water partition coefficient (Wildman–Crippen LogP) is 7.19. The van der Waals surface area contributed by atoms with Crippen molar-refractivity contribution in [2.24, 2.45) is 4.99 Å². The summed E-state index contributed by atoms with van der Waals surface area (Å²) in [6.45, 7) is 11.7. The molecule has 268 valence electrons. The van der Waals surface area contributed by atoms with Crippen LogP contribution in [0, 0.1) is 13.8 Å². The van der Waals surface area contributed by atoms with E-state index >= 15 is 0 Å². The summed E-state index contributed by atoms with van der Waals surface area (Å²) in [5, 5.41) is 4.02. The van der Waals surface area contributed by atoms with Crippen molar-refractivity contribution in [2.45, 2.75) is 79.4 Å². The van der Waals surface area contributed by atoms with Crippen molar-refractivity contribution in [2.75, 3.05) is 11.9 Å². The van der Waals surface area contributed by atoms with E-state index in [1.54, 1.807) is 29.8 Å². The van der Waals surface area contributed by atoms with Crippen LogP contribution < -0.4 is 24.9 Å². The minimum absolute atomic E-state index is 0.113. The highest BCUT2D eigenvalue weighted by Crippen LogP contribution is 2.40. The van der Waals surface area contributed by atoms with E-state index in [1.807, 2.05) is 88.4 Å². The van der Waals surface area contributed by atoms with Gasteiger partial charge < -0.3 is 19.4 Å². The third-order valence-corrected chi connectivity index (χ3v) is 11.7. The summed E-state index contributed by atoms with van der Waals surface area (Å²) in [6, 6.07) is 18.3. The second-order valence-electron chi connectivity index (χ2n) is 13.4. The normalized spacial score (nSPS) is 15.7. The maximum absolute atomic E-state index is 14.5. The molecular formula is C41H42N4O5S2. The molecule has 0 radical (unpaired) electrons. The van der Waals surface area contributed by atoms with Crippen molar-refractivity contribution in [1.29, 1.82) is 0 Å². The quantitative estimate of drug-likeness (QED) is 0.162. The molecule has 0 unspecified atom stereocenters. The number of nitrogens with one attached hydrogen (secondary N) is 1. The topological polar surface area (TPSA) is 104 Å². The Hall–Kier alpha value is -5.00. The van der Waals surface area contributed by atoms with E-state index in [1.165, 1.54) is 16.2 Å². The summed E-state index contributed by atoms with van der Waals surface area (Å²) < 4.78 is 15.9. The number of aromatic nitrogens is 2. The van der Waals surface area contributed by atoms with Crippen molar-refractivity contribution >= 4 is 46.3 Å². The van der Waals surface area contributed by atoms with Crippen molar-refractivity contribution < 1.29 is 19.1 Å². The molecule has 1 aliphatic heterocycles. The fourth-order valence-corrected chi connectivity index (χ4v) is 9.73. The summed E-state index contributed by atoms with van der Waals surface area (Å²) in [5.41, 5.74) is 6.59. The SMILES string of the molecule is CCOC(=O)C1=C(C)N=c2s/c(=C/c3cc(C)n(-c4sc5c(c4C(=O)Nc4ccccc4)CCCC5)c3C)c(=O)n2[C@H]1c1ccccc1OC(C)C. The largest absolute Gasteiger partial charge is 0.491 e. The molecule has 1 atom stereocenters. The number of allylic oxidation sites excluding steroid dienone is 1. The number of ether oxygens (including phenoxy) is 2. The van der Waals surface area contributed by atoms with Crippen molar-refractivity contribution in [1.82, 2.24) is 9.13 Å². The molecule has 0 saturated carbocycles. The first-order chi connectivity index (χ1) is 25.1. The van der Waals surface area contributed by atoms with Crippen LogP contribution in [0.25, 0.3) is 11.1 Å². The van der Waals surface area contributed by atoms with Gasteiger partial charge in [-0.2, -0.15) is 0 Å². The van der Waals surface area contributed by atoms with Gasteiger partial charge in [0.2, 0.25) is 0 Å². The first kappa shape index (κ1) is 35.4. The van der Waals surface area contributed by atoms with Crippen molar-refractivity contribution in [3.63, 3.8) is 0 Å². The number of esters is 1. The molecule has 0 spiro atoms. The number of thiazole rings is 1.